The molecule has 1 N–H and O–H groups in total. The third kappa shape index (κ3) is 1.55. The van der Waals surface area contributed by atoms with E-state index in [0.717, 1.165) is 17.7 Å². The van der Waals surface area contributed by atoms with E-state index >= 15 is 0 Å². The summed E-state index contributed by atoms with van der Waals surface area (Å²) in [6.45, 7) is 0.701. The van der Waals surface area contributed by atoms with E-state index in [2.05, 4.69) is 0 Å². The summed E-state index contributed by atoms with van der Waals surface area (Å²) in [5, 5.41) is 8.79. The number of hydrogen-bond donors (Lipinski definition) is 1. The van der Waals surface area contributed by atoms with Crippen molar-refractivity contribution < 1.29 is 14.6 Å². The highest BCUT2D eigenvalue weighted by molar-refractivity contribution is 7.14. The fourth-order valence-corrected chi connectivity index (χ4v) is 2.70. The summed E-state index contributed by atoms with van der Waals surface area (Å²) in [7, 11) is 1.69. The van der Waals surface area contributed by atoms with Crippen LogP contribution in [0.25, 0.3) is 0 Å². The number of carboxylic acids is 1. The lowest BCUT2D eigenvalue weighted by Gasteiger charge is -2.10. The number of carbonyl (C=O) groups is 1. The maximum Gasteiger partial charge on any atom is 0.345 e. The SMILES string of the molecule is COCC1(c2ccc(C(=O)O)s2)CC1. The standard InChI is InChI=1S/C10H12O3S/c1-13-6-10(4-5-10)8-3-2-7(14-8)9(11)12/h2-3H,4-6H2,1H3,(H,11,12). The van der Waals surface area contributed by atoms with E-state index in [9.17, 15) is 4.79 Å². The van der Waals surface area contributed by atoms with Crippen molar-refractivity contribution in [3.8, 4) is 0 Å². The van der Waals surface area contributed by atoms with Crippen LogP contribution < -0.4 is 0 Å². The number of hydrogen-bond acceptors (Lipinski definition) is 3. The van der Waals surface area contributed by atoms with Crippen LogP contribution in [0.15, 0.2) is 12.1 Å². The molecule has 0 unspecified atom stereocenters. The summed E-state index contributed by atoms with van der Waals surface area (Å²) in [6, 6.07) is 3.60. The van der Waals surface area contributed by atoms with Crippen molar-refractivity contribution in [2.24, 2.45) is 0 Å². The third-order valence-corrected chi connectivity index (χ3v) is 3.93. The molecule has 1 fully saturated rings. The van der Waals surface area contributed by atoms with Gasteiger partial charge in [-0.25, -0.2) is 4.79 Å². The monoisotopic (exact) mass is 212 g/mol. The van der Waals surface area contributed by atoms with Crippen LogP contribution in [-0.4, -0.2) is 24.8 Å². The van der Waals surface area contributed by atoms with Crippen molar-refractivity contribution in [3.63, 3.8) is 0 Å². The topological polar surface area (TPSA) is 46.5 Å². The van der Waals surface area contributed by atoms with Crippen molar-refractivity contribution in [2.75, 3.05) is 13.7 Å². The number of thiophene rings is 1. The second kappa shape index (κ2) is 3.37. The predicted molar refractivity (Wildman–Crippen MR) is 54.1 cm³/mol. The molecule has 0 amide bonds. The zero-order chi connectivity index (χ0) is 10.2. The molecule has 0 atom stereocenters. The first-order chi connectivity index (χ1) is 6.68. The van der Waals surface area contributed by atoms with E-state index in [1.54, 1.807) is 13.2 Å². The highest BCUT2D eigenvalue weighted by Crippen LogP contribution is 2.50. The molecular formula is C10H12O3S. The van der Waals surface area contributed by atoms with Gasteiger partial charge in [-0.1, -0.05) is 0 Å². The van der Waals surface area contributed by atoms with Crippen LogP contribution in [0, 0.1) is 0 Å². The summed E-state index contributed by atoms with van der Waals surface area (Å²) < 4.78 is 5.15. The molecule has 0 radical (unpaired) electrons. The van der Waals surface area contributed by atoms with E-state index in [4.69, 9.17) is 9.84 Å². The molecule has 2 rings (SSSR count). The molecule has 4 heteroatoms. The molecule has 0 aromatic carbocycles. The average molecular weight is 212 g/mol. The average Bonchev–Trinajstić information content (AvgIpc) is 2.77. The van der Waals surface area contributed by atoms with Crippen molar-refractivity contribution in [1.82, 2.24) is 0 Å². The Bertz CT molecular complexity index is 352. The number of rotatable bonds is 4. The Morgan fingerprint density at radius 3 is 2.79 bits per heavy atom. The van der Waals surface area contributed by atoms with Gasteiger partial charge in [-0.3, -0.25) is 0 Å². The zero-order valence-corrected chi connectivity index (χ0v) is 8.76. The van der Waals surface area contributed by atoms with Crippen LogP contribution in [-0.2, 0) is 10.2 Å². The first kappa shape index (κ1) is 9.68. The Labute approximate surface area is 86.3 Å². The first-order valence-corrected chi connectivity index (χ1v) is 5.32. The highest BCUT2D eigenvalue weighted by atomic mass is 32.1. The van der Waals surface area contributed by atoms with Crippen LogP contribution >= 0.6 is 11.3 Å². The number of carboxylic acid groups (broad SMARTS) is 1. The molecule has 1 aliphatic rings. The van der Waals surface area contributed by atoms with Crippen LogP contribution in [0.5, 0.6) is 0 Å². The minimum absolute atomic E-state index is 0.132. The Morgan fingerprint density at radius 1 is 1.64 bits per heavy atom. The molecule has 1 heterocycles. The second-order valence-electron chi connectivity index (χ2n) is 3.68. The third-order valence-electron chi connectivity index (χ3n) is 2.61. The molecule has 76 valence electrons. The van der Waals surface area contributed by atoms with Gasteiger partial charge in [-0.2, -0.15) is 0 Å². The Kier molecular flexibility index (Phi) is 2.33. The number of methoxy groups -OCH3 is 1. The maximum absolute atomic E-state index is 10.7. The van der Waals surface area contributed by atoms with Crippen molar-refractivity contribution in [1.29, 1.82) is 0 Å². The summed E-state index contributed by atoms with van der Waals surface area (Å²) in [5.41, 5.74) is 0.132. The van der Waals surface area contributed by atoms with Gasteiger partial charge in [0.25, 0.3) is 0 Å². The van der Waals surface area contributed by atoms with Gasteiger partial charge < -0.3 is 9.84 Å². The molecule has 14 heavy (non-hydrogen) atoms. The minimum atomic E-state index is -0.838. The van der Waals surface area contributed by atoms with Crippen molar-refractivity contribution >= 4 is 17.3 Å². The van der Waals surface area contributed by atoms with E-state index < -0.39 is 5.97 Å². The molecular weight excluding hydrogens is 200 g/mol. The van der Waals surface area contributed by atoms with Gasteiger partial charge in [-0.15, -0.1) is 11.3 Å². The Morgan fingerprint density at radius 2 is 2.36 bits per heavy atom. The Balaban J connectivity index is 2.20. The molecule has 0 bridgehead atoms. The molecule has 0 aliphatic heterocycles. The maximum atomic E-state index is 10.7. The molecule has 1 aromatic heterocycles. The normalized spacial score (nSPS) is 18.1. The lowest BCUT2D eigenvalue weighted by molar-refractivity contribution is 0.0702. The highest BCUT2D eigenvalue weighted by Gasteiger charge is 2.45. The molecule has 3 nitrogen and oxygen atoms in total. The predicted octanol–water partition coefficient (Wildman–Crippen LogP) is 2.12. The van der Waals surface area contributed by atoms with E-state index in [-0.39, 0.29) is 5.41 Å². The van der Waals surface area contributed by atoms with Crippen molar-refractivity contribution in [3.05, 3.63) is 21.9 Å². The van der Waals surface area contributed by atoms with Gasteiger partial charge in [-0.05, 0) is 25.0 Å². The Hall–Kier alpha value is -0.870. The van der Waals surface area contributed by atoms with Gasteiger partial charge in [0, 0.05) is 17.4 Å². The van der Waals surface area contributed by atoms with Gasteiger partial charge in [0.15, 0.2) is 0 Å². The molecule has 0 spiro atoms. The van der Waals surface area contributed by atoms with Crippen molar-refractivity contribution in [2.45, 2.75) is 18.3 Å². The van der Waals surface area contributed by atoms with Gasteiger partial charge in [0.05, 0.1) is 6.61 Å². The lowest BCUT2D eigenvalue weighted by atomic mass is 10.1. The van der Waals surface area contributed by atoms with Crippen LogP contribution in [0.1, 0.15) is 27.4 Å². The smallest absolute Gasteiger partial charge is 0.345 e. The fraction of sp³-hybridized carbons (Fsp3) is 0.500. The summed E-state index contributed by atoms with van der Waals surface area (Å²) in [6.07, 6.45) is 2.22. The summed E-state index contributed by atoms with van der Waals surface area (Å²) >= 11 is 1.37. The van der Waals surface area contributed by atoms with E-state index in [0.29, 0.717) is 11.5 Å². The quantitative estimate of drug-likeness (QED) is 0.831. The molecule has 1 aromatic rings. The van der Waals surface area contributed by atoms with Crippen LogP contribution in [0.2, 0.25) is 0 Å². The molecule has 1 aliphatic carbocycles. The van der Waals surface area contributed by atoms with E-state index in [1.165, 1.54) is 11.3 Å². The number of ether oxygens (including phenoxy) is 1. The number of aromatic carboxylic acids is 1. The van der Waals surface area contributed by atoms with Crippen LogP contribution in [0.3, 0.4) is 0 Å². The summed E-state index contributed by atoms with van der Waals surface area (Å²) in [4.78, 5) is 12.3. The van der Waals surface area contributed by atoms with E-state index in [1.807, 2.05) is 6.07 Å². The largest absolute Gasteiger partial charge is 0.477 e. The minimum Gasteiger partial charge on any atom is -0.477 e. The van der Waals surface area contributed by atoms with Gasteiger partial charge in [0.1, 0.15) is 4.88 Å². The zero-order valence-electron chi connectivity index (χ0n) is 7.95. The lowest BCUT2D eigenvalue weighted by Crippen LogP contribution is -2.11. The summed E-state index contributed by atoms with van der Waals surface area (Å²) in [5.74, 6) is -0.838. The molecule has 0 saturated heterocycles. The van der Waals surface area contributed by atoms with Gasteiger partial charge in [0.2, 0.25) is 0 Å². The molecule has 1 saturated carbocycles. The van der Waals surface area contributed by atoms with Crippen LogP contribution in [0.4, 0.5) is 0 Å². The first-order valence-electron chi connectivity index (χ1n) is 4.50. The second-order valence-corrected chi connectivity index (χ2v) is 4.77. The fourth-order valence-electron chi connectivity index (χ4n) is 1.63. The van der Waals surface area contributed by atoms with Gasteiger partial charge >= 0.3 is 5.97 Å².